The molecule has 0 saturated heterocycles. The van der Waals surface area contributed by atoms with Gasteiger partial charge >= 0.3 is 5.51 Å². The van der Waals surface area contributed by atoms with E-state index in [0.29, 0.717) is 0 Å². The number of carbonyl (C=O) groups excluding carboxylic acids is 1. The van der Waals surface area contributed by atoms with Crippen molar-refractivity contribution in [1.29, 1.82) is 0 Å². The van der Waals surface area contributed by atoms with Gasteiger partial charge in [-0.2, -0.15) is 13.2 Å². The first-order valence-corrected chi connectivity index (χ1v) is 6.17. The van der Waals surface area contributed by atoms with E-state index in [2.05, 4.69) is 0 Å². The molecule has 7 heteroatoms. The second-order valence-corrected chi connectivity index (χ2v) is 4.87. The molecule has 0 aliphatic rings. The molecule has 0 amide bonds. The molecule has 0 spiro atoms. The Bertz CT molecular complexity index is 421. The van der Waals surface area contributed by atoms with Gasteiger partial charge < -0.3 is 0 Å². The summed E-state index contributed by atoms with van der Waals surface area (Å²) >= 11 is 10.7. The zero-order valence-electron chi connectivity index (χ0n) is 8.35. The summed E-state index contributed by atoms with van der Waals surface area (Å²) in [6.07, 6.45) is -0.150. The molecule has 0 fully saturated rings. The highest BCUT2D eigenvalue weighted by Crippen LogP contribution is 2.42. The van der Waals surface area contributed by atoms with Crippen LogP contribution < -0.4 is 0 Å². The van der Waals surface area contributed by atoms with Crippen LogP contribution in [0.3, 0.4) is 0 Å². The van der Waals surface area contributed by atoms with E-state index >= 15 is 0 Å². The molecule has 1 nitrogen and oxygen atoms in total. The molecule has 0 heterocycles. The molecule has 0 bridgehead atoms. The first-order valence-electron chi connectivity index (χ1n) is 4.44. The summed E-state index contributed by atoms with van der Waals surface area (Å²) in [7, 11) is 0. The third kappa shape index (κ3) is 4.77. The third-order valence-corrected chi connectivity index (χ3v) is 3.45. The minimum Gasteiger partial charge on any atom is -0.298 e. The lowest BCUT2D eigenvalue weighted by molar-refractivity contribution is -0.116. The van der Waals surface area contributed by atoms with Gasteiger partial charge in [0.15, 0.2) is 5.78 Å². The molecule has 0 saturated carbocycles. The maximum Gasteiger partial charge on any atom is 0.446 e. The highest BCUT2D eigenvalue weighted by atomic mass is 35.5. The Kier molecular flexibility index (Phi) is 5.16. The standard InChI is InChI=1S/C10H7Cl2F3OS/c11-5-7(16)4-6-2-1-3-8(12)9(6)17-10(13,14)15/h1-3H,4-5H2. The van der Waals surface area contributed by atoms with Gasteiger partial charge in [0.05, 0.1) is 10.9 Å². The molecule has 0 unspecified atom stereocenters. The molecule has 0 N–H and O–H groups in total. The van der Waals surface area contributed by atoms with Gasteiger partial charge in [0.2, 0.25) is 0 Å². The van der Waals surface area contributed by atoms with Crippen LogP contribution in [0.2, 0.25) is 5.02 Å². The fourth-order valence-corrected chi connectivity index (χ4v) is 2.26. The first-order chi connectivity index (χ1) is 7.83. The SMILES string of the molecule is O=C(CCl)Cc1cccc(Cl)c1SC(F)(F)F. The number of alkyl halides is 4. The number of thioether (sulfide) groups is 1. The fourth-order valence-electron chi connectivity index (χ4n) is 1.18. The highest BCUT2D eigenvalue weighted by molar-refractivity contribution is 8.00. The predicted octanol–water partition coefficient (Wildman–Crippen LogP) is 4.30. The Labute approximate surface area is 110 Å². The number of ketones is 1. The number of benzene rings is 1. The van der Waals surface area contributed by atoms with E-state index in [1.54, 1.807) is 0 Å². The van der Waals surface area contributed by atoms with Crippen LogP contribution in [0.25, 0.3) is 0 Å². The molecular weight excluding hydrogens is 296 g/mol. The van der Waals surface area contributed by atoms with Crippen molar-refractivity contribution in [3.8, 4) is 0 Å². The summed E-state index contributed by atoms with van der Waals surface area (Å²) in [4.78, 5) is 11.0. The number of rotatable bonds is 4. The highest BCUT2D eigenvalue weighted by Gasteiger charge is 2.31. The third-order valence-electron chi connectivity index (χ3n) is 1.80. The molecule has 0 aliphatic carbocycles. The second kappa shape index (κ2) is 5.98. The lowest BCUT2D eigenvalue weighted by atomic mass is 10.1. The van der Waals surface area contributed by atoms with Crippen LogP contribution in [0.1, 0.15) is 5.56 Å². The van der Waals surface area contributed by atoms with Crippen LogP contribution in [0.4, 0.5) is 13.2 Å². The average molecular weight is 303 g/mol. The maximum absolute atomic E-state index is 12.3. The molecule has 0 aromatic heterocycles. The van der Waals surface area contributed by atoms with Crippen LogP contribution >= 0.6 is 35.0 Å². The normalized spacial score (nSPS) is 11.6. The van der Waals surface area contributed by atoms with Gasteiger partial charge in [-0.1, -0.05) is 23.7 Å². The number of hydrogen-bond donors (Lipinski definition) is 0. The molecule has 1 aromatic carbocycles. The molecule has 1 rings (SSSR count). The van der Waals surface area contributed by atoms with Gasteiger partial charge in [0.25, 0.3) is 0 Å². The fraction of sp³-hybridized carbons (Fsp3) is 0.300. The molecule has 94 valence electrons. The molecule has 0 radical (unpaired) electrons. The van der Waals surface area contributed by atoms with E-state index in [-0.39, 0.29) is 45.3 Å². The van der Waals surface area contributed by atoms with E-state index < -0.39 is 5.51 Å². The minimum absolute atomic E-state index is 0.0211. The number of halogens is 5. The minimum atomic E-state index is -4.44. The Morgan fingerprint density at radius 1 is 1.35 bits per heavy atom. The van der Waals surface area contributed by atoms with Crippen molar-refractivity contribution in [3.63, 3.8) is 0 Å². The largest absolute Gasteiger partial charge is 0.446 e. The Morgan fingerprint density at radius 3 is 2.53 bits per heavy atom. The number of Topliss-reactive ketones (excluding diaryl/α,β-unsaturated/α-hetero) is 1. The van der Waals surface area contributed by atoms with Crippen molar-refractivity contribution in [1.82, 2.24) is 0 Å². The van der Waals surface area contributed by atoms with Crippen LogP contribution in [0.15, 0.2) is 23.1 Å². The van der Waals surface area contributed by atoms with Crippen LogP contribution in [0.5, 0.6) is 0 Å². The lowest BCUT2D eigenvalue weighted by Gasteiger charge is -2.11. The number of hydrogen-bond acceptors (Lipinski definition) is 2. The van der Waals surface area contributed by atoms with E-state index in [9.17, 15) is 18.0 Å². The average Bonchev–Trinajstić information content (AvgIpc) is 2.21. The van der Waals surface area contributed by atoms with Crippen molar-refractivity contribution < 1.29 is 18.0 Å². The van der Waals surface area contributed by atoms with Crippen LogP contribution in [0, 0.1) is 0 Å². The van der Waals surface area contributed by atoms with E-state index in [1.165, 1.54) is 18.2 Å². The smallest absolute Gasteiger partial charge is 0.298 e. The Morgan fingerprint density at radius 2 is 2.00 bits per heavy atom. The topological polar surface area (TPSA) is 17.1 Å². The van der Waals surface area contributed by atoms with Crippen molar-refractivity contribution >= 4 is 40.7 Å². The monoisotopic (exact) mass is 302 g/mol. The van der Waals surface area contributed by atoms with Gasteiger partial charge in [-0.15, -0.1) is 11.6 Å². The molecule has 0 atom stereocenters. The molecule has 1 aromatic rings. The second-order valence-electron chi connectivity index (χ2n) is 3.12. The summed E-state index contributed by atoms with van der Waals surface area (Å²) in [6, 6.07) is 4.29. The van der Waals surface area contributed by atoms with Crippen molar-refractivity contribution in [3.05, 3.63) is 28.8 Å². The summed E-state index contributed by atoms with van der Waals surface area (Å²) in [5.74, 6) is -0.583. The van der Waals surface area contributed by atoms with Crippen LogP contribution in [-0.4, -0.2) is 17.2 Å². The van der Waals surface area contributed by atoms with Gasteiger partial charge in [0, 0.05) is 11.3 Å². The number of carbonyl (C=O) groups is 1. The van der Waals surface area contributed by atoms with Gasteiger partial charge in [-0.05, 0) is 23.4 Å². The summed E-state index contributed by atoms with van der Waals surface area (Å²) in [5.41, 5.74) is -4.20. The quantitative estimate of drug-likeness (QED) is 0.609. The lowest BCUT2D eigenvalue weighted by Crippen LogP contribution is -2.07. The van der Waals surface area contributed by atoms with Gasteiger partial charge in [-0.3, -0.25) is 4.79 Å². The summed E-state index contributed by atoms with van der Waals surface area (Å²) in [6.45, 7) is 0. The van der Waals surface area contributed by atoms with E-state index in [0.717, 1.165) is 0 Å². The molecular formula is C10H7Cl2F3OS. The van der Waals surface area contributed by atoms with Crippen LogP contribution in [-0.2, 0) is 11.2 Å². The Hall–Kier alpha value is -0.390. The Balaban J connectivity index is 3.04. The van der Waals surface area contributed by atoms with Crippen molar-refractivity contribution in [2.45, 2.75) is 16.8 Å². The zero-order chi connectivity index (χ0) is 13.1. The van der Waals surface area contributed by atoms with E-state index in [4.69, 9.17) is 23.2 Å². The summed E-state index contributed by atoms with van der Waals surface area (Å²) < 4.78 is 36.9. The molecule has 0 aliphatic heterocycles. The predicted molar refractivity (Wildman–Crippen MR) is 62.8 cm³/mol. The van der Waals surface area contributed by atoms with Crippen molar-refractivity contribution in [2.24, 2.45) is 0 Å². The van der Waals surface area contributed by atoms with E-state index in [1.807, 2.05) is 0 Å². The van der Waals surface area contributed by atoms with Crippen molar-refractivity contribution in [2.75, 3.05) is 5.88 Å². The zero-order valence-corrected chi connectivity index (χ0v) is 10.7. The van der Waals surface area contributed by atoms with Gasteiger partial charge in [0.1, 0.15) is 0 Å². The maximum atomic E-state index is 12.3. The summed E-state index contributed by atoms with van der Waals surface area (Å²) in [5, 5.41) is -0.0211. The molecule has 17 heavy (non-hydrogen) atoms. The van der Waals surface area contributed by atoms with Gasteiger partial charge in [-0.25, -0.2) is 0 Å². The first kappa shape index (κ1) is 14.7.